The van der Waals surface area contributed by atoms with Gasteiger partial charge in [-0.3, -0.25) is 4.79 Å². The number of carboxylic acids is 1. The van der Waals surface area contributed by atoms with Crippen molar-refractivity contribution in [1.82, 2.24) is 4.57 Å². The minimum Gasteiger partial charge on any atom is -0.477 e. The van der Waals surface area contributed by atoms with Gasteiger partial charge in [0, 0.05) is 34.4 Å². The van der Waals surface area contributed by atoms with Gasteiger partial charge in [0.1, 0.15) is 5.56 Å². The lowest BCUT2D eigenvalue weighted by Crippen LogP contribution is -2.21. The summed E-state index contributed by atoms with van der Waals surface area (Å²) in [6, 6.07) is 5.99. The van der Waals surface area contributed by atoms with Crippen LogP contribution in [0.5, 0.6) is 0 Å². The monoisotopic (exact) mass is 311 g/mol. The van der Waals surface area contributed by atoms with Crippen LogP contribution in [0.2, 0.25) is 10.0 Å². The summed E-state index contributed by atoms with van der Waals surface area (Å²) in [6.07, 6.45) is 0. The van der Waals surface area contributed by atoms with E-state index in [0.717, 1.165) is 0 Å². The summed E-state index contributed by atoms with van der Waals surface area (Å²) in [7, 11) is 1.69. The maximum absolute atomic E-state index is 11.9. The minimum absolute atomic E-state index is 0.284. The van der Waals surface area contributed by atoms with Gasteiger partial charge < -0.3 is 9.67 Å². The van der Waals surface area contributed by atoms with E-state index < -0.39 is 11.4 Å². The first kappa shape index (κ1) is 14.6. The van der Waals surface area contributed by atoms with Gasteiger partial charge in [-0.25, -0.2) is 4.79 Å². The maximum Gasteiger partial charge on any atom is 0.341 e. The Morgan fingerprint density at radius 1 is 1.15 bits per heavy atom. The first-order valence-corrected chi connectivity index (χ1v) is 6.47. The predicted octanol–water partition coefficient (Wildman–Crippen LogP) is 3.37. The average Bonchev–Trinajstić information content (AvgIpc) is 2.31. The summed E-state index contributed by atoms with van der Waals surface area (Å²) < 4.78 is 1.63. The van der Waals surface area contributed by atoms with E-state index in [1.807, 2.05) is 0 Å². The third kappa shape index (κ3) is 2.57. The highest BCUT2D eigenvalue weighted by Gasteiger charge is 2.20. The number of aryl methyl sites for hydroxylation is 1. The number of hydrogen-bond acceptors (Lipinski definition) is 2. The minimum atomic E-state index is -1.28. The van der Waals surface area contributed by atoms with Gasteiger partial charge in [-0.1, -0.05) is 23.2 Å². The zero-order valence-electron chi connectivity index (χ0n) is 10.8. The van der Waals surface area contributed by atoms with Crippen LogP contribution in [-0.4, -0.2) is 15.6 Å². The number of pyridine rings is 1. The van der Waals surface area contributed by atoms with Gasteiger partial charge in [0.25, 0.3) is 0 Å². The maximum atomic E-state index is 11.9. The molecule has 1 heterocycles. The van der Waals surface area contributed by atoms with Gasteiger partial charge in [0.15, 0.2) is 5.43 Å². The number of benzene rings is 1. The van der Waals surface area contributed by atoms with Crippen LogP contribution in [0.25, 0.3) is 11.3 Å². The number of carboxylic acid groups (broad SMARTS) is 1. The highest BCUT2D eigenvalue weighted by molar-refractivity contribution is 6.35. The Kier molecular flexibility index (Phi) is 3.88. The number of aromatic carboxylic acids is 1. The number of rotatable bonds is 2. The number of nitrogens with zero attached hydrogens (tertiary/aromatic N) is 1. The second-order valence-corrected chi connectivity index (χ2v) is 5.27. The summed E-state index contributed by atoms with van der Waals surface area (Å²) in [5.41, 5.74) is 0.580. The fourth-order valence-electron chi connectivity index (χ4n) is 2.05. The first-order valence-electron chi connectivity index (χ1n) is 5.71. The molecule has 0 aliphatic heterocycles. The van der Waals surface area contributed by atoms with Gasteiger partial charge in [-0.05, 0) is 25.1 Å². The van der Waals surface area contributed by atoms with E-state index in [9.17, 15) is 14.7 Å². The Bertz CT molecular complexity index is 745. The van der Waals surface area contributed by atoms with Crippen molar-refractivity contribution in [2.45, 2.75) is 6.92 Å². The van der Waals surface area contributed by atoms with Crippen molar-refractivity contribution in [3.63, 3.8) is 0 Å². The quantitative estimate of drug-likeness (QED) is 0.925. The molecule has 0 bridgehead atoms. The van der Waals surface area contributed by atoms with E-state index in [0.29, 0.717) is 21.3 Å². The highest BCUT2D eigenvalue weighted by Crippen LogP contribution is 2.28. The van der Waals surface area contributed by atoms with Gasteiger partial charge >= 0.3 is 5.97 Å². The molecule has 0 atom stereocenters. The smallest absolute Gasteiger partial charge is 0.341 e. The van der Waals surface area contributed by atoms with E-state index in [-0.39, 0.29) is 11.3 Å². The Labute approximate surface area is 125 Å². The Balaban J connectivity index is 2.91. The molecule has 0 spiro atoms. The van der Waals surface area contributed by atoms with Gasteiger partial charge in [-0.2, -0.15) is 0 Å². The Morgan fingerprint density at radius 3 is 2.20 bits per heavy atom. The normalized spacial score (nSPS) is 10.6. The molecule has 2 rings (SSSR count). The second-order valence-electron chi connectivity index (χ2n) is 4.40. The zero-order chi connectivity index (χ0) is 15.0. The lowest BCUT2D eigenvalue weighted by Gasteiger charge is -2.15. The lowest BCUT2D eigenvalue weighted by molar-refractivity contribution is 0.0695. The third-order valence-corrected chi connectivity index (χ3v) is 3.47. The Hall–Kier alpha value is -1.78. The van der Waals surface area contributed by atoms with Crippen molar-refractivity contribution in [2.24, 2.45) is 7.05 Å². The summed E-state index contributed by atoms with van der Waals surface area (Å²) >= 11 is 11.9. The van der Waals surface area contributed by atoms with E-state index in [1.54, 1.807) is 36.7 Å². The largest absolute Gasteiger partial charge is 0.477 e. The summed E-state index contributed by atoms with van der Waals surface area (Å²) in [5, 5.41) is 10.0. The van der Waals surface area contributed by atoms with Gasteiger partial charge in [0.05, 0.1) is 5.69 Å². The molecule has 0 saturated heterocycles. The topological polar surface area (TPSA) is 59.3 Å². The van der Waals surface area contributed by atoms with Crippen LogP contribution < -0.4 is 5.43 Å². The highest BCUT2D eigenvalue weighted by atomic mass is 35.5. The molecule has 0 aliphatic rings. The summed E-state index contributed by atoms with van der Waals surface area (Å²) in [5.74, 6) is -1.28. The fourth-order valence-corrected chi connectivity index (χ4v) is 2.58. The molecule has 104 valence electrons. The molecule has 0 radical (unpaired) electrons. The van der Waals surface area contributed by atoms with Crippen LogP contribution >= 0.6 is 23.2 Å². The van der Waals surface area contributed by atoms with Crippen LogP contribution in [0, 0.1) is 6.92 Å². The van der Waals surface area contributed by atoms with Crippen molar-refractivity contribution in [3.8, 4) is 11.3 Å². The fraction of sp³-hybridized carbons (Fsp3) is 0.143. The van der Waals surface area contributed by atoms with Crippen LogP contribution in [-0.2, 0) is 7.05 Å². The molecule has 1 aromatic heterocycles. The van der Waals surface area contributed by atoms with Gasteiger partial charge in [-0.15, -0.1) is 0 Å². The van der Waals surface area contributed by atoms with Crippen LogP contribution in [0.15, 0.2) is 29.1 Å². The van der Waals surface area contributed by atoms with Gasteiger partial charge in [0.2, 0.25) is 0 Å². The van der Waals surface area contributed by atoms with Crippen LogP contribution in [0.3, 0.4) is 0 Å². The third-order valence-electron chi connectivity index (χ3n) is 3.04. The molecular formula is C14H11Cl2NO3. The lowest BCUT2D eigenvalue weighted by atomic mass is 10.0. The summed E-state index contributed by atoms with van der Waals surface area (Å²) in [4.78, 5) is 23.3. The number of hydrogen-bond donors (Lipinski definition) is 1. The average molecular weight is 312 g/mol. The number of halogens is 2. The predicted molar refractivity (Wildman–Crippen MR) is 78.8 cm³/mol. The van der Waals surface area contributed by atoms with Crippen LogP contribution in [0.1, 0.15) is 16.1 Å². The van der Waals surface area contributed by atoms with Crippen molar-refractivity contribution in [3.05, 3.63) is 55.8 Å². The van der Waals surface area contributed by atoms with Crippen molar-refractivity contribution in [1.29, 1.82) is 0 Å². The molecule has 1 aromatic carbocycles. The molecule has 20 heavy (non-hydrogen) atoms. The van der Waals surface area contributed by atoms with E-state index in [2.05, 4.69) is 0 Å². The van der Waals surface area contributed by atoms with E-state index in [1.165, 1.54) is 6.07 Å². The molecule has 2 aromatic rings. The van der Waals surface area contributed by atoms with E-state index >= 15 is 0 Å². The van der Waals surface area contributed by atoms with Crippen molar-refractivity contribution < 1.29 is 9.90 Å². The molecule has 0 aliphatic carbocycles. The van der Waals surface area contributed by atoms with E-state index in [4.69, 9.17) is 23.2 Å². The number of carbonyl (C=O) groups is 1. The first-order chi connectivity index (χ1) is 9.31. The van der Waals surface area contributed by atoms with Crippen LogP contribution in [0.4, 0.5) is 0 Å². The molecule has 0 unspecified atom stereocenters. The van der Waals surface area contributed by atoms with Crippen molar-refractivity contribution in [2.75, 3.05) is 0 Å². The standard InChI is InChI=1S/C14H11Cl2NO3/c1-7-3-11(18)12(14(19)20)13(17(7)2)8-4-9(15)6-10(16)5-8/h3-6H,1-2H3,(H,19,20). The molecule has 4 nitrogen and oxygen atoms in total. The molecular weight excluding hydrogens is 301 g/mol. The SMILES string of the molecule is Cc1cc(=O)c(C(=O)O)c(-c2cc(Cl)cc(Cl)c2)n1C. The molecule has 1 N–H and O–H groups in total. The number of aromatic nitrogens is 1. The molecule has 0 fully saturated rings. The van der Waals surface area contributed by atoms with Crippen molar-refractivity contribution >= 4 is 29.2 Å². The second kappa shape index (κ2) is 5.31. The molecule has 0 amide bonds. The molecule has 0 saturated carbocycles. The zero-order valence-corrected chi connectivity index (χ0v) is 12.3. The summed E-state index contributed by atoms with van der Waals surface area (Å²) in [6.45, 7) is 1.72. The Morgan fingerprint density at radius 2 is 1.70 bits per heavy atom. The molecule has 6 heteroatoms.